The number of rotatable bonds is 5. The fourth-order valence-corrected chi connectivity index (χ4v) is 5.88. The Balaban J connectivity index is 1.47. The summed E-state index contributed by atoms with van der Waals surface area (Å²) in [6.45, 7) is 0. The van der Waals surface area contributed by atoms with Crippen LogP contribution in [0.3, 0.4) is 0 Å². The van der Waals surface area contributed by atoms with Crippen LogP contribution in [-0.4, -0.2) is 23.0 Å². The van der Waals surface area contributed by atoms with Gasteiger partial charge in [-0.3, -0.25) is 4.79 Å². The lowest BCUT2D eigenvalue weighted by atomic mass is 9.49. The lowest BCUT2D eigenvalue weighted by Gasteiger charge is -2.55. The van der Waals surface area contributed by atoms with Crippen molar-refractivity contribution in [3.8, 4) is 0 Å². The summed E-state index contributed by atoms with van der Waals surface area (Å²) in [6.07, 6.45) is 6.90. The quantitative estimate of drug-likeness (QED) is 0.840. The highest BCUT2D eigenvalue weighted by molar-refractivity contribution is 6.30. The summed E-state index contributed by atoms with van der Waals surface area (Å²) in [6, 6.07) is 6.24. The summed E-state index contributed by atoms with van der Waals surface area (Å²) in [4.78, 5) is 24.8. The van der Waals surface area contributed by atoms with Crippen LogP contribution in [0.25, 0.3) is 0 Å². The van der Waals surface area contributed by atoms with E-state index in [2.05, 4.69) is 5.32 Å². The molecule has 4 nitrogen and oxygen atoms in total. The van der Waals surface area contributed by atoms with E-state index in [1.807, 2.05) is 12.1 Å². The van der Waals surface area contributed by atoms with E-state index in [9.17, 15) is 14.7 Å². The lowest BCUT2D eigenvalue weighted by Crippen LogP contribution is -2.56. The van der Waals surface area contributed by atoms with Crippen molar-refractivity contribution in [1.82, 2.24) is 5.32 Å². The average molecular weight is 362 g/mol. The molecule has 1 atom stereocenters. The van der Waals surface area contributed by atoms with Crippen molar-refractivity contribution < 1.29 is 14.7 Å². The molecule has 0 aromatic heterocycles. The number of halogens is 1. The van der Waals surface area contributed by atoms with Gasteiger partial charge in [-0.25, -0.2) is 4.79 Å². The number of carboxylic acids is 1. The number of carbonyl (C=O) groups is 2. The first-order chi connectivity index (χ1) is 11.9. The van der Waals surface area contributed by atoms with Crippen molar-refractivity contribution in [3.05, 3.63) is 34.9 Å². The zero-order chi connectivity index (χ0) is 17.6. The highest BCUT2D eigenvalue weighted by Crippen LogP contribution is 2.60. The Bertz CT molecular complexity index is 649. The normalized spacial score (nSPS) is 33.9. The molecule has 0 spiro atoms. The predicted octanol–water partition coefficient (Wildman–Crippen LogP) is 3.67. The topological polar surface area (TPSA) is 66.4 Å². The Hall–Kier alpha value is -1.55. The molecule has 0 heterocycles. The molecule has 5 rings (SSSR count). The molecule has 4 saturated carbocycles. The first-order valence-corrected chi connectivity index (χ1v) is 9.59. The summed E-state index contributed by atoms with van der Waals surface area (Å²) in [7, 11) is 0. The van der Waals surface area contributed by atoms with E-state index in [4.69, 9.17) is 11.6 Å². The van der Waals surface area contributed by atoms with Crippen LogP contribution in [0, 0.1) is 23.2 Å². The number of hydrogen-bond donors (Lipinski definition) is 2. The maximum Gasteiger partial charge on any atom is 0.326 e. The van der Waals surface area contributed by atoms with Crippen LogP contribution in [0.1, 0.15) is 44.1 Å². The third-order valence-electron chi connectivity index (χ3n) is 6.48. The minimum absolute atomic E-state index is 0.0343. The molecule has 4 aliphatic rings. The van der Waals surface area contributed by atoms with Gasteiger partial charge >= 0.3 is 5.97 Å². The van der Waals surface area contributed by atoms with Crippen molar-refractivity contribution in [1.29, 1.82) is 0 Å². The van der Waals surface area contributed by atoms with Crippen molar-refractivity contribution >= 4 is 23.5 Å². The number of hydrogen-bond acceptors (Lipinski definition) is 2. The van der Waals surface area contributed by atoms with Crippen LogP contribution in [-0.2, 0) is 16.0 Å². The van der Waals surface area contributed by atoms with Gasteiger partial charge in [0.25, 0.3) is 0 Å². The van der Waals surface area contributed by atoms with Gasteiger partial charge in [-0.05, 0) is 74.0 Å². The zero-order valence-corrected chi connectivity index (χ0v) is 15.0. The highest BCUT2D eigenvalue weighted by Gasteiger charge is 2.54. The van der Waals surface area contributed by atoms with Gasteiger partial charge in [-0.1, -0.05) is 23.7 Å². The third-order valence-corrected chi connectivity index (χ3v) is 6.73. The van der Waals surface area contributed by atoms with Crippen molar-refractivity contribution in [2.45, 2.75) is 51.0 Å². The smallest absolute Gasteiger partial charge is 0.326 e. The predicted molar refractivity (Wildman–Crippen MR) is 95.3 cm³/mol. The maximum atomic E-state index is 13.1. The van der Waals surface area contributed by atoms with E-state index in [0.717, 1.165) is 24.8 Å². The van der Waals surface area contributed by atoms with Gasteiger partial charge in [0, 0.05) is 16.9 Å². The standard InChI is InChI=1S/C20H24ClNO3/c21-16-3-1-12(2-4-16)8-17(18(23)24)22-19(25)20-9-13-5-14(10-20)7-15(6-13)11-20/h1-4,13-15,17H,5-11H2,(H,22,25)(H,23,24)/t13?,14?,15?,17-,20?/m0/s1. The Kier molecular flexibility index (Phi) is 4.27. The van der Waals surface area contributed by atoms with Crippen molar-refractivity contribution in [2.24, 2.45) is 23.2 Å². The fraction of sp³-hybridized carbons (Fsp3) is 0.600. The second-order valence-corrected chi connectivity index (χ2v) is 8.83. The molecule has 4 bridgehead atoms. The molecule has 1 aromatic carbocycles. The third kappa shape index (κ3) is 3.29. The Morgan fingerprint density at radius 2 is 1.60 bits per heavy atom. The second kappa shape index (κ2) is 6.31. The molecule has 1 aromatic rings. The average Bonchev–Trinajstić information content (AvgIpc) is 2.54. The number of aliphatic carboxylic acids is 1. The number of carbonyl (C=O) groups excluding carboxylic acids is 1. The van der Waals surface area contributed by atoms with Gasteiger partial charge in [0.1, 0.15) is 6.04 Å². The van der Waals surface area contributed by atoms with E-state index in [1.54, 1.807) is 12.1 Å². The molecule has 0 radical (unpaired) electrons. The van der Waals surface area contributed by atoms with Crippen LogP contribution in [0.4, 0.5) is 0 Å². The first kappa shape index (κ1) is 16.9. The summed E-state index contributed by atoms with van der Waals surface area (Å²) >= 11 is 5.89. The SMILES string of the molecule is O=C(O)[C@H](Cc1ccc(Cl)cc1)NC(=O)C12CC3CC(CC(C3)C1)C2. The Morgan fingerprint density at radius 1 is 1.08 bits per heavy atom. The first-order valence-electron chi connectivity index (χ1n) is 9.22. The summed E-state index contributed by atoms with van der Waals surface area (Å²) < 4.78 is 0. The molecule has 134 valence electrons. The summed E-state index contributed by atoms with van der Waals surface area (Å²) in [5.41, 5.74) is 0.547. The van der Waals surface area contributed by atoms with Gasteiger partial charge in [0.15, 0.2) is 0 Å². The molecule has 4 aliphatic carbocycles. The molecule has 1 amide bonds. The van der Waals surface area contributed by atoms with E-state index >= 15 is 0 Å². The molecule has 0 unspecified atom stereocenters. The summed E-state index contributed by atoms with van der Waals surface area (Å²) in [5, 5.41) is 13.1. The molecule has 4 fully saturated rings. The van der Waals surface area contributed by atoms with Crippen molar-refractivity contribution in [3.63, 3.8) is 0 Å². The van der Waals surface area contributed by atoms with Crippen LogP contribution >= 0.6 is 11.6 Å². The van der Waals surface area contributed by atoms with E-state index in [0.29, 0.717) is 22.8 Å². The van der Waals surface area contributed by atoms with Crippen LogP contribution in [0.5, 0.6) is 0 Å². The summed E-state index contributed by atoms with van der Waals surface area (Å²) in [5.74, 6) is 0.977. The molecule has 2 N–H and O–H groups in total. The second-order valence-electron chi connectivity index (χ2n) is 8.39. The van der Waals surface area contributed by atoms with Crippen LogP contribution in [0.2, 0.25) is 5.02 Å². The highest BCUT2D eigenvalue weighted by atomic mass is 35.5. The number of amides is 1. The van der Waals surface area contributed by atoms with E-state index in [-0.39, 0.29) is 17.7 Å². The molecule has 0 aliphatic heterocycles. The largest absolute Gasteiger partial charge is 0.480 e. The number of benzene rings is 1. The molecule has 25 heavy (non-hydrogen) atoms. The Labute approximate surface area is 152 Å². The zero-order valence-electron chi connectivity index (χ0n) is 14.2. The molecular formula is C20H24ClNO3. The lowest BCUT2D eigenvalue weighted by molar-refractivity contribution is -0.151. The molecular weight excluding hydrogens is 338 g/mol. The van der Waals surface area contributed by atoms with E-state index in [1.165, 1.54) is 19.3 Å². The molecule has 0 saturated heterocycles. The fourth-order valence-electron chi connectivity index (χ4n) is 5.76. The van der Waals surface area contributed by atoms with Crippen molar-refractivity contribution in [2.75, 3.05) is 0 Å². The van der Waals surface area contributed by atoms with Crippen LogP contribution in [0.15, 0.2) is 24.3 Å². The minimum atomic E-state index is -0.979. The molecule has 5 heteroatoms. The number of nitrogens with one attached hydrogen (secondary N) is 1. The maximum absolute atomic E-state index is 13.1. The van der Waals surface area contributed by atoms with Gasteiger partial charge < -0.3 is 10.4 Å². The monoisotopic (exact) mass is 361 g/mol. The van der Waals surface area contributed by atoms with Gasteiger partial charge in [0.2, 0.25) is 5.91 Å². The van der Waals surface area contributed by atoms with Gasteiger partial charge in [0.05, 0.1) is 0 Å². The van der Waals surface area contributed by atoms with E-state index < -0.39 is 12.0 Å². The van der Waals surface area contributed by atoms with Gasteiger partial charge in [-0.2, -0.15) is 0 Å². The minimum Gasteiger partial charge on any atom is -0.480 e. The Morgan fingerprint density at radius 3 is 2.08 bits per heavy atom. The van der Waals surface area contributed by atoms with Crippen LogP contribution < -0.4 is 5.32 Å². The number of carboxylic acid groups (broad SMARTS) is 1. The van der Waals surface area contributed by atoms with Gasteiger partial charge in [-0.15, -0.1) is 0 Å².